The predicted molar refractivity (Wildman–Crippen MR) is 80.8 cm³/mol. The second-order valence-electron chi connectivity index (χ2n) is 4.78. The van der Waals surface area contributed by atoms with Crippen LogP contribution in [0, 0.1) is 0 Å². The molecule has 4 nitrogen and oxygen atoms in total. The van der Waals surface area contributed by atoms with E-state index >= 15 is 0 Å². The maximum Gasteiger partial charge on any atom is 0.293 e. The van der Waals surface area contributed by atoms with Crippen molar-refractivity contribution in [3.05, 3.63) is 12.7 Å². The highest BCUT2D eigenvalue weighted by Gasteiger charge is 2.09. The molecule has 0 aromatic heterocycles. The minimum absolute atomic E-state index is 0.146. The van der Waals surface area contributed by atoms with E-state index in [0.29, 0.717) is 26.3 Å². The summed E-state index contributed by atoms with van der Waals surface area (Å²) < 4.78 is 15.7. The second-order valence-corrected chi connectivity index (χ2v) is 4.78. The number of unbranched alkanes of at least 4 members (excludes halogenated alkanes) is 6. The van der Waals surface area contributed by atoms with Crippen LogP contribution in [0.15, 0.2) is 12.7 Å². The van der Waals surface area contributed by atoms with Crippen molar-refractivity contribution >= 4 is 6.47 Å². The van der Waals surface area contributed by atoms with E-state index in [1.807, 2.05) is 13.0 Å². The Hall–Kier alpha value is -0.870. The SMILES string of the molecule is C=CCCCCCCCCOC(COC=O)COCC. The van der Waals surface area contributed by atoms with Gasteiger partial charge in [-0.25, -0.2) is 0 Å². The van der Waals surface area contributed by atoms with Crippen molar-refractivity contribution in [1.29, 1.82) is 0 Å². The van der Waals surface area contributed by atoms with Gasteiger partial charge in [0, 0.05) is 13.2 Å². The molecule has 1 atom stereocenters. The van der Waals surface area contributed by atoms with Crippen LogP contribution < -0.4 is 0 Å². The van der Waals surface area contributed by atoms with E-state index in [0.717, 1.165) is 12.8 Å². The van der Waals surface area contributed by atoms with Crippen molar-refractivity contribution in [2.75, 3.05) is 26.4 Å². The molecular formula is C16H30O4. The smallest absolute Gasteiger partial charge is 0.293 e. The molecule has 0 aromatic rings. The molecular weight excluding hydrogens is 256 g/mol. The summed E-state index contributed by atoms with van der Waals surface area (Å²) >= 11 is 0. The van der Waals surface area contributed by atoms with E-state index in [2.05, 4.69) is 6.58 Å². The number of carbonyl (C=O) groups excluding carboxylic acids is 1. The molecule has 20 heavy (non-hydrogen) atoms. The molecule has 0 heterocycles. The van der Waals surface area contributed by atoms with Gasteiger partial charge in [-0.1, -0.05) is 31.8 Å². The van der Waals surface area contributed by atoms with Crippen LogP contribution in [0.25, 0.3) is 0 Å². The van der Waals surface area contributed by atoms with Crippen LogP contribution in [0.1, 0.15) is 51.9 Å². The molecule has 0 fully saturated rings. The molecule has 0 saturated heterocycles. The fraction of sp³-hybridized carbons (Fsp3) is 0.812. The van der Waals surface area contributed by atoms with Gasteiger partial charge in [-0.15, -0.1) is 6.58 Å². The minimum Gasteiger partial charge on any atom is -0.465 e. The van der Waals surface area contributed by atoms with Gasteiger partial charge in [0.1, 0.15) is 12.7 Å². The molecule has 0 aliphatic heterocycles. The Morgan fingerprint density at radius 1 is 1.05 bits per heavy atom. The minimum atomic E-state index is -0.146. The van der Waals surface area contributed by atoms with Gasteiger partial charge in [0.2, 0.25) is 0 Å². The van der Waals surface area contributed by atoms with Crippen molar-refractivity contribution < 1.29 is 19.0 Å². The fourth-order valence-electron chi connectivity index (χ4n) is 1.89. The summed E-state index contributed by atoms with van der Waals surface area (Å²) in [6.07, 6.45) is 10.3. The van der Waals surface area contributed by atoms with Gasteiger partial charge >= 0.3 is 0 Å². The summed E-state index contributed by atoms with van der Waals surface area (Å²) in [4.78, 5) is 10.2. The summed E-state index contributed by atoms with van der Waals surface area (Å²) in [5, 5.41) is 0. The Bertz CT molecular complexity index is 219. The first-order valence-corrected chi connectivity index (χ1v) is 7.70. The summed E-state index contributed by atoms with van der Waals surface area (Å²) in [6, 6.07) is 0. The van der Waals surface area contributed by atoms with Crippen molar-refractivity contribution in [3.8, 4) is 0 Å². The number of allylic oxidation sites excluding steroid dienone is 1. The van der Waals surface area contributed by atoms with Gasteiger partial charge in [0.05, 0.1) is 6.61 Å². The Morgan fingerprint density at radius 3 is 2.40 bits per heavy atom. The van der Waals surface area contributed by atoms with Crippen molar-refractivity contribution in [1.82, 2.24) is 0 Å². The van der Waals surface area contributed by atoms with E-state index in [1.54, 1.807) is 0 Å². The first kappa shape index (κ1) is 19.1. The Labute approximate surface area is 123 Å². The summed E-state index contributed by atoms with van der Waals surface area (Å²) in [7, 11) is 0. The molecule has 118 valence electrons. The summed E-state index contributed by atoms with van der Waals surface area (Å²) in [5.41, 5.74) is 0. The molecule has 0 radical (unpaired) electrons. The molecule has 0 spiro atoms. The Morgan fingerprint density at radius 2 is 1.75 bits per heavy atom. The largest absolute Gasteiger partial charge is 0.465 e. The average Bonchev–Trinajstić information content (AvgIpc) is 2.47. The molecule has 0 bridgehead atoms. The maximum atomic E-state index is 10.2. The van der Waals surface area contributed by atoms with Gasteiger partial charge in [-0.2, -0.15) is 0 Å². The number of hydrogen-bond acceptors (Lipinski definition) is 4. The number of rotatable bonds is 16. The quantitative estimate of drug-likeness (QED) is 0.247. The first-order chi connectivity index (χ1) is 9.85. The van der Waals surface area contributed by atoms with Gasteiger partial charge in [0.15, 0.2) is 0 Å². The third kappa shape index (κ3) is 13.6. The Kier molecular flexibility index (Phi) is 15.5. The fourth-order valence-corrected chi connectivity index (χ4v) is 1.89. The molecule has 0 aliphatic carbocycles. The second kappa shape index (κ2) is 16.2. The lowest BCUT2D eigenvalue weighted by Gasteiger charge is -2.16. The zero-order valence-corrected chi connectivity index (χ0v) is 12.9. The van der Waals surface area contributed by atoms with Gasteiger partial charge < -0.3 is 14.2 Å². The van der Waals surface area contributed by atoms with Gasteiger partial charge in [-0.05, 0) is 26.2 Å². The molecule has 0 rings (SSSR count). The van der Waals surface area contributed by atoms with Crippen LogP contribution >= 0.6 is 0 Å². The monoisotopic (exact) mass is 286 g/mol. The number of hydrogen-bond donors (Lipinski definition) is 0. The van der Waals surface area contributed by atoms with Crippen LogP contribution in [-0.4, -0.2) is 39.0 Å². The maximum absolute atomic E-state index is 10.2. The van der Waals surface area contributed by atoms with E-state index in [1.165, 1.54) is 32.1 Å². The van der Waals surface area contributed by atoms with Crippen LogP contribution in [0.5, 0.6) is 0 Å². The van der Waals surface area contributed by atoms with Crippen molar-refractivity contribution in [2.45, 2.75) is 58.0 Å². The first-order valence-electron chi connectivity index (χ1n) is 7.70. The van der Waals surface area contributed by atoms with Gasteiger partial charge in [0.25, 0.3) is 6.47 Å². The highest BCUT2D eigenvalue weighted by molar-refractivity contribution is 5.36. The van der Waals surface area contributed by atoms with E-state index < -0.39 is 0 Å². The number of ether oxygens (including phenoxy) is 3. The molecule has 0 aliphatic rings. The number of carbonyl (C=O) groups is 1. The lowest BCUT2D eigenvalue weighted by molar-refractivity contribution is -0.134. The summed E-state index contributed by atoms with van der Waals surface area (Å²) in [6.45, 7) is 8.20. The zero-order chi connectivity index (χ0) is 14.9. The zero-order valence-electron chi connectivity index (χ0n) is 12.9. The molecule has 0 N–H and O–H groups in total. The summed E-state index contributed by atoms with van der Waals surface area (Å²) in [5.74, 6) is 0. The van der Waals surface area contributed by atoms with E-state index in [-0.39, 0.29) is 12.7 Å². The Balaban J connectivity index is 3.42. The lowest BCUT2D eigenvalue weighted by atomic mass is 10.1. The van der Waals surface area contributed by atoms with E-state index in [4.69, 9.17) is 14.2 Å². The molecule has 0 saturated carbocycles. The van der Waals surface area contributed by atoms with E-state index in [9.17, 15) is 4.79 Å². The van der Waals surface area contributed by atoms with Crippen LogP contribution in [0.2, 0.25) is 0 Å². The van der Waals surface area contributed by atoms with Crippen LogP contribution in [0.4, 0.5) is 0 Å². The highest BCUT2D eigenvalue weighted by Crippen LogP contribution is 2.08. The molecule has 0 amide bonds. The predicted octanol–water partition coefficient (Wildman–Crippen LogP) is 3.50. The third-order valence-electron chi connectivity index (χ3n) is 3.01. The van der Waals surface area contributed by atoms with Crippen LogP contribution in [0.3, 0.4) is 0 Å². The van der Waals surface area contributed by atoms with Gasteiger partial charge in [-0.3, -0.25) is 4.79 Å². The molecule has 1 unspecified atom stereocenters. The highest BCUT2D eigenvalue weighted by atomic mass is 16.6. The van der Waals surface area contributed by atoms with Crippen LogP contribution in [-0.2, 0) is 19.0 Å². The third-order valence-corrected chi connectivity index (χ3v) is 3.01. The molecule has 4 heteroatoms. The normalized spacial score (nSPS) is 12.1. The molecule has 0 aromatic carbocycles. The topological polar surface area (TPSA) is 44.8 Å². The average molecular weight is 286 g/mol. The standard InChI is InChI=1S/C16H30O4/c1-3-5-6-7-8-9-10-11-12-20-16(13-18-4-2)14-19-15-17/h3,15-16H,1,4-14H2,2H3. The van der Waals surface area contributed by atoms with Crippen molar-refractivity contribution in [3.63, 3.8) is 0 Å². The lowest BCUT2D eigenvalue weighted by Crippen LogP contribution is -2.26. The van der Waals surface area contributed by atoms with Crippen molar-refractivity contribution in [2.24, 2.45) is 0 Å².